The largest absolute Gasteiger partial charge is 0.469 e. The second-order valence-corrected chi connectivity index (χ2v) is 4.88. The molecule has 1 amide bonds. The first-order valence-corrected chi connectivity index (χ1v) is 6.18. The van der Waals surface area contributed by atoms with Crippen LogP contribution < -0.4 is 5.73 Å². The molecule has 1 aliphatic rings. The molecule has 1 aromatic heterocycles. The molecule has 0 aliphatic carbocycles. The van der Waals surface area contributed by atoms with Crippen molar-refractivity contribution in [2.45, 2.75) is 32.7 Å². The van der Waals surface area contributed by atoms with Crippen molar-refractivity contribution in [3.63, 3.8) is 0 Å². The Morgan fingerprint density at radius 1 is 1.53 bits per heavy atom. The number of carbonyl (C=O) groups excluding carboxylic acids is 1. The fraction of sp³-hybridized carbons (Fsp3) is 0.615. The van der Waals surface area contributed by atoms with Crippen LogP contribution in [0.3, 0.4) is 0 Å². The number of nitrogens with two attached hydrogens (primary N) is 1. The van der Waals surface area contributed by atoms with Crippen LogP contribution in [0.5, 0.6) is 0 Å². The summed E-state index contributed by atoms with van der Waals surface area (Å²) < 4.78 is 5.17. The highest BCUT2D eigenvalue weighted by molar-refractivity contribution is 5.95. The fourth-order valence-electron chi connectivity index (χ4n) is 2.41. The lowest BCUT2D eigenvalue weighted by Crippen LogP contribution is -2.42. The average Bonchev–Trinajstić information content (AvgIpc) is 2.74. The number of nitrogens with zero attached hydrogens (tertiary/aromatic N) is 1. The molecule has 1 unspecified atom stereocenters. The number of likely N-dealkylation sites (tertiary alicyclic amines) is 1. The highest BCUT2D eigenvalue weighted by Gasteiger charge is 2.26. The standard InChI is InChI=1S/C13H20N2O2/c1-9(14)11-3-6-15(7-4-11)13(16)12-5-8-17-10(12)2/h5,8-9,11H,3-4,6-7,14H2,1-2H3. The van der Waals surface area contributed by atoms with Crippen LogP contribution in [-0.4, -0.2) is 29.9 Å². The van der Waals surface area contributed by atoms with Gasteiger partial charge in [0, 0.05) is 19.1 Å². The van der Waals surface area contributed by atoms with Crippen LogP contribution in [0.1, 0.15) is 35.9 Å². The summed E-state index contributed by atoms with van der Waals surface area (Å²) in [4.78, 5) is 14.1. The van der Waals surface area contributed by atoms with Crippen LogP contribution >= 0.6 is 0 Å². The van der Waals surface area contributed by atoms with E-state index in [0.717, 1.165) is 25.9 Å². The monoisotopic (exact) mass is 236 g/mol. The lowest BCUT2D eigenvalue weighted by molar-refractivity contribution is 0.0679. The Bertz CT molecular complexity index is 390. The predicted molar refractivity (Wildman–Crippen MR) is 65.7 cm³/mol. The van der Waals surface area contributed by atoms with Crippen molar-refractivity contribution in [3.05, 3.63) is 23.7 Å². The van der Waals surface area contributed by atoms with E-state index in [1.807, 2.05) is 18.7 Å². The maximum atomic E-state index is 12.2. The molecule has 94 valence electrons. The number of hydrogen-bond acceptors (Lipinski definition) is 3. The van der Waals surface area contributed by atoms with Crippen molar-refractivity contribution >= 4 is 5.91 Å². The molecule has 1 atom stereocenters. The first-order valence-electron chi connectivity index (χ1n) is 6.18. The Kier molecular flexibility index (Phi) is 3.52. The van der Waals surface area contributed by atoms with Gasteiger partial charge in [0.25, 0.3) is 5.91 Å². The van der Waals surface area contributed by atoms with E-state index in [1.54, 1.807) is 12.3 Å². The molecule has 17 heavy (non-hydrogen) atoms. The zero-order chi connectivity index (χ0) is 12.4. The van der Waals surface area contributed by atoms with Gasteiger partial charge in [-0.2, -0.15) is 0 Å². The Hall–Kier alpha value is -1.29. The van der Waals surface area contributed by atoms with Crippen LogP contribution in [0.15, 0.2) is 16.7 Å². The van der Waals surface area contributed by atoms with Crippen LogP contribution in [0.25, 0.3) is 0 Å². The summed E-state index contributed by atoms with van der Waals surface area (Å²) in [5.41, 5.74) is 6.57. The SMILES string of the molecule is Cc1occc1C(=O)N1CCC(C(C)N)CC1. The normalized spacial score (nSPS) is 19.4. The number of carbonyl (C=O) groups is 1. The van der Waals surface area contributed by atoms with Crippen molar-refractivity contribution in [1.29, 1.82) is 0 Å². The highest BCUT2D eigenvalue weighted by atomic mass is 16.3. The molecule has 2 heterocycles. The van der Waals surface area contributed by atoms with E-state index >= 15 is 0 Å². The van der Waals surface area contributed by atoms with Crippen LogP contribution in [0.4, 0.5) is 0 Å². The molecule has 0 saturated carbocycles. The molecule has 1 aliphatic heterocycles. The third kappa shape index (κ3) is 2.52. The summed E-state index contributed by atoms with van der Waals surface area (Å²) in [6.45, 7) is 5.47. The summed E-state index contributed by atoms with van der Waals surface area (Å²) in [5, 5.41) is 0. The minimum atomic E-state index is 0.0828. The lowest BCUT2D eigenvalue weighted by atomic mass is 9.91. The minimum Gasteiger partial charge on any atom is -0.469 e. The Morgan fingerprint density at radius 3 is 2.65 bits per heavy atom. The number of amides is 1. The zero-order valence-electron chi connectivity index (χ0n) is 10.5. The third-order valence-corrected chi connectivity index (χ3v) is 3.66. The quantitative estimate of drug-likeness (QED) is 0.851. The van der Waals surface area contributed by atoms with E-state index in [-0.39, 0.29) is 11.9 Å². The smallest absolute Gasteiger partial charge is 0.257 e. The number of hydrogen-bond donors (Lipinski definition) is 1. The molecule has 0 bridgehead atoms. The molecule has 2 rings (SSSR count). The maximum Gasteiger partial charge on any atom is 0.257 e. The van der Waals surface area contributed by atoms with Crippen LogP contribution in [0, 0.1) is 12.8 Å². The number of aryl methyl sites for hydroxylation is 1. The van der Waals surface area contributed by atoms with E-state index in [0.29, 0.717) is 17.2 Å². The van der Waals surface area contributed by atoms with Gasteiger partial charge >= 0.3 is 0 Å². The molecule has 4 heteroatoms. The van der Waals surface area contributed by atoms with Gasteiger partial charge in [-0.25, -0.2) is 0 Å². The summed E-state index contributed by atoms with van der Waals surface area (Å²) in [5.74, 6) is 1.33. The van der Waals surface area contributed by atoms with Crippen molar-refractivity contribution < 1.29 is 9.21 Å². The maximum absolute atomic E-state index is 12.2. The molecule has 2 N–H and O–H groups in total. The van der Waals surface area contributed by atoms with Gasteiger partial charge in [0.2, 0.25) is 0 Å². The van der Waals surface area contributed by atoms with Gasteiger partial charge in [0.05, 0.1) is 11.8 Å². The minimum absolute atomic E-state index is 0.0828. The van der Waals surface area contributed by atoms with Crippen molar-refractivity contribution in [2.24, 2.45) is 11.7 Å². The predicted octanol–water partition coefficient (Wildman–Crippen LogP) is 1.79. The van der Waals surface area contributed by atoms with Crippen molar-refractivity contribution in [1.82, 2.24) is 4.90 Å². The third-order valence-electron chi connectivity index (χ3n) is 3.66. The summed E-state index contributed by atoms with van der Waals surface area (Å²) >= 11 is 0. The lowest BCUT2D eigenvalue weighted by Gasteiger charge is -2.33. The van der Waals surface area contributed by atoms with Crippen molar-refractivity contribution in [2.75, 3.05) is 13.1 Å². The van der Waals surface area contributed by atoms with E-state index in [2.05, 4.69) is 0 Å². The molecular weight excluding hydrogens is 216 g/mol. The van der Waals surface area contributed by atoms with Gasteiger partial charge in [0.1, 0.15) is 5.76 Å². The second kappa shape index (κ2) is 4.92. The molecule has 1 saturated heterocycles. The Labute approximate surface area is 102 Å². The fourth-order valence-corrected chi connectivity index (χ4v) is 2.41. The van der Waals surface area contributed by atoms with E-state index in [4.69, 9.17) is 10.2 Å². The van der Waals surface area contributed by atoms with Gasteiger partial charge < -0.3 is 15.1 Å². The molecular formula is C13H20N2O2. The van der Waals surface area contributed by atoms with Gasteiger partial charge in [-0.1, -0.05) is 0 Å². The van der Waals surface area contributed by atoms with Crippen LogP contribution in [0.2, 0.25) is 0 Å². The van der Waals surface area contributed by atoms with Gasteiger partial charge in [-0.15, -0.1) is 0 Å². The zero-order valence-corrected chi connectivity index (χ0v) is 10.5. The molecule has 0 radical (unpaired) electrons. The molecule has 1 aromatic rings. The number of rotatable bonds is 2. The Balaban J connectivity index is 1.98. The molecule has 4 nitrogen and oxygen atoms in total. The molecule has 1 fully saturated rings. The highest BCUT2D eigenvalue weighted by Crippen LogP contribution is 2.22. The second-order valence-electron chi connectivity index (χ2n) is 4.88. The Morgan fingerprint density at radius 2 is 2.18 bits per heavy atom. The van der Waals surface area contributed by atoms with E-state index < -0.39 is 0 Å². The number of furan rings is 1. The topological polar surface area (TPSA) is 59.5 Å². The average molecular weight is 236 g/mol. The first kappa shape index (κ1) is 12.2. The summed E-state index contributed by atoms with van der Waals surface area (Å²) in [7, 11) is 0. The van der Waals surface area contributed by atoms with E-state index in [9.17, 15) is 4.79 Å². The molecule has 0 spiro atoms. The molecule has 0 aromatic carbocycles. The van der Waals surface area contributed by atoms with Crippen LogP contribution in [-0.2, 0) is 0 Å². The van der Waals surface area contributed by atoms with Gasteiger partial charge in [-0.3, -0.25) is 4.79 Å². The van der Waals surface area contributed by atoms with Gasteiger partial charge in [-0.05, 0) is 38.7 Å². The van der Waals surface area contributed by atoms with Crippen molar-refractivity contribution in [3.8, 4) is 0 Å². The first-order chi connectivity index (χ1) is 8.09. The van der Waals surface area contributed by atoms with E-state index in [1.165, 1.54) is 0 Å². The summed E-state index contributed by atoms with van der Waals surface area (Å²) in [6, 6.07) is 1.97. The van der Waals surface area contributed by atoms with Gasteiger partial charge in [0.15, 0.2) is 0 Å². The summed E-state index contributed by atoms with van der Waals surface area (Å²) in [6.07, 6.45) is 3.57. The number of piperidine rings is 1.